The average molecular weight is 370 g/mol. The Morgan fingerprint density at radius 2 is 2.16 bits per heavy atom. The summed E-state index contributed by atoms with van der Waals surface area (Å²) in [7, 11) is -1.73. The first-order chi connectivity index (χ1) is 11.9. The number of carbonyl (C=O) groups is 1. The number of anilines is 1. The molecule has 9 heteroatoms. The first-order valence-electron chi connectivity index (χ1n) is 8.79. The average Bonchev–Trinajstić information content (AvgIpc) is 3.17. The van der Waals surface area contributed by atoms with Gasteiger partial charge in [-0.05, 0) is 39.0 Å². The number of nitrogens with zero attached hydrogens (tertiary/aromatic N) is 3. The van der Waals surface area contributed by atoms with Crippen LogP contribution in [0.3, 0.4) is 0 Å². The lowest BCUT2D eigenvalue weighted by atomic mass is 10.1. The van der Waals surface area contributed by atoms with Crippen molar-refractivity contribution in [2.75, 3.05) is 23.8 Å². The SMILES string of the molecule is Cc1cc(N2CCC[C@@H](NS(=O)(=O)CC[C@@H]3CCCO3)C2=O)n(C)n1. The third-order valence-corrected chi connectivity index (χ3v) is 6.16. The number of nitrogens with one attached hydrogen (secondary N) is 1. The molecule has 2 aliphatic rings. The number of hydrogen-bond acceptors (Lipinski definition) is 5. The van der Waals surface area contributed by atoms with Crippen molar-refractivity contribution in [1.29, 1.82) is 0 Å². The van der Waals surface area contributed by atoms with Gasteiger partial charge in [-0.1, -0.05) is 0 Å². The minimum atomic E-state index is -3.51. The molecule has 0 aromatic carbocycles. The second-order valence-electron chi connectivity index (χ2n) is 6.81. The Morgan fingerprint density at radius 1 is 1.36 bits per heavy atom. The molecule has 0 aliphatic carbocycles. The van der Waals surface area contributed by atoms with Crippen LogP contribution in [0.5, 0.6) is 0 Å². The maximum absolute atomic E-state index is 12.8. The highest BCUT2D eigenvalue weighted by Crippen LogP contribution is 2.22. The van der Waals surface area contributed by atoms with E-state index in [1.54, 1.807) is 16.6 Å². The number of aryl methyl sites for hydroxylation is 2. The standard InChI is InChI=1S/C16H26N4O4S/c1-12-11-15(19(2)17-12)20-8-3-6-14(16(20)21)18-25(22,23)10-7-13-5-4-9-24-13/h11,13-14,18H,3-10H2,1-2H3/t13-,14+/m0/s1. The van der Waals surface area contributed by atoms with Gasteiger partial charge in [0.15, 0.2) is 0 Å². The third-order valence-electron chi connectivity index (χ3n) is 4.75. The zero-order valence-electron chi connectivity index (χ0n) is 14.8. The van der Waals surface area contributed by atoms with Crippen molar-refractivity contribution in [3.63, 3.8) is 0 Å². The zero-order chi connectivity index (χ0) is 18.0. The molecule has 0 unspecified atom stereocenters. The summed E-state index contributed by atoms with van der Waals surface area (Å²) in [6.45, 7) is 3.15. The van der Waals surface area contributed by atoms with Crippen LogP contribution in [0, 0.1) is 6.92 Å². The van der Waals surface area contributed by atoms with E-state index in [0.717, 1.165) is 25.0 Å². The molecule has 2 aliphatic heterocycles. The number of carbonyl (C=O) groups excluding carboxylic acids is 1. The van der Waals surface area contributed by atoms with E-state index in [9.17, 15) is 13.2 Å². The van der Waals surface area contributed by atoms with E-state index < -0.39 is 16.1 Å². The molecule has 2 atom stereocenters. The van der Waals surface area contributed by atoms with Gasteiger partial charge in [-0.2, -0.15) is 5.10 Å². The second kappa shape index (κ2) is 7.43. The molecule has 25 heavy (non-hydrogen) atoms. The van der Waals surface area contributed by atoms with Crippen molar-refractivity contribution in [1.82, 2.24) is 14.5 Å². The van der Waals surface area contributed by atoms with Crippen LogP contribution in [0.2, 0.25) is 0 Å². The van der Waals surface area contributed by atoms with E-state index in [1.165, 1.54) is 0 Å². The first kappa shape index (κ1) is 18.3. The summed E-state index contributed by atoms with van der Waals surface area (Å²) in [5.74, 6) is 0.479. The van der Waals surface area contributed by atoms with Gasteiger partial charge < -0.3 is 4.74 Å². The lowest BCUT2D eigenvalue weighted by Gasteiger charge is -2.32. The maximum Gasteiger partial charge on any atom is 0.246 e. The summed E-state index contributed by atoms with van der Waals surface area (Å²) in [5, 5.41) is 4.26. The molecule has 3 heterocycles. The number of aromatic nitrogens is 2. The van der Waals surface area contributed by atoms with E-state index in [0.29, 0.717) is 31.8 Å². The fourth-order valence-electron chi connectivity index (χ4n) is 3.50. The summed E-state index contributed by atoms with van der Waals surface area (Å²) < 4.78 is 34.4. The van der Waals surface area contributed by atoms with Crippen molar-refractivity contribution < 1.29 is 17.9 Å². The molecule has 2 saturated heterocycles. The second-order valence-corrected chi connectivity index (χ2v) is 8.69. The van der Waals surface area contributed by atoms with Gasteiger partial charge in [0.05, 0.1) is 17.6 Å². The molecule has 8 nitrogen and oxygen atoms in total. The molecule has 1 aromatic heterocycles. The Labute approximate surface area is 148 Å². The van der Waals surface area contributed by atoms with Crippen LogP contribution < -0.4 is 9.62 Å². The van der Waals surface area contributed by atoms with Gasteiger partial charge in [0.1, 0.15) is 11.9 Å². The normalized spacial score (nSPS) is 24.9. The van der Waals surface area contributed by atoms with Crippen LogP contribution in [0.25, 0.3) is 0 Å². The Morgan fingerprint density at radius 3 is 2.80 bits per heavy atom. The summed E-state index contributed by atoms with van der Waals surface area (Å²) in [4.78, 5) is 14.4. The van der Waals surface area contributed by atoms with Crippen LogP contribution >= 0.6 is 0 Å². The zero-order valence-corrected chi connectivity index (χ0v) is 15.6. The van der Waals surface area contributed by atoms with Gasteiger partial charge in [-0.3, -0.25) is 14.4 Å². The van der Waals surface area contributed by atoms with Gasteiger partial charge in [0, 0.05) is 26.3 Å². The van der Waals surface area contributed by atoms with Gasteiger partial charge in [0.25, 0.3) is 0 Å². The molecule has 0 bridgehead atoms. The van der Waals surface area contributed by atoms with Crippen molar-refractivity contribution in [2.45, 2.75) is 51.2 Å². The molecule has 3 rings (SSSR count). The largest absolute Gasteiger partial charge is 0.378 e. The predicted molar refractivity (Wildman–Crippen MR) is 93.8 cm³/mol. The lowest BCUT2D eigenvalue weighted by Crippen LogP contribution is -2.53. The molecule has 0 saturated carbocycles. The van der Waals surface area contributed by atoms with Gasteiger partial charge in [-0.15, -0.1) is 0 Å². The number of hydrogen-bond donors (Lipinski definition) is 1. The Bertz CT molecular complexity index is 724. The Hall–Kier alpha value is -1.45. The molecular weight excluding hydrogens is 344 g/mol. The van der Waals surface area contributed by atoms with Gasteiger partial charge in [0.2, 0.25) is 15.9 Å². The van der Waals surface area contributed by atoms with E-state index >= 15 is 0 Å². The minimum Gasteiger partial charge on any atom is -0.378 e. The number of piperidine rings is 1. The van der Waals surface area contributed by atoms with Crippen molar-refractivity contribution in [2.24, 2.45) is 7.05 Å². The number of rotatable bonds is 6. The van der Waals surface area contributed by atoms with Crippen LogP contribution in [-0.4, -0.2) is 55.2 Å². The van der Waals surface area contributed by atoms with Crippen LogP contribution in [-0.2, 0) is 26.6 Å². The van der Waals surface area contributed by atoms with E-state index in [2.05, 4.69) is 9.82 Å². The highest BCUT2D eigenvalue weighted by Gasteiger charge is 2.34. The molecular formula is C16H26N4O4S. The monoisotopic (exact) mass is 370 g/mol. The van der Waals surface area contributed by atoms with E-state index in [1.807, 2.05) is 13.0 Å². The molecule has 140 valence electrons. The Kier molecular flexibility index (Phi) is 5.45. The first-order valence-corrected chi connectivity index (χ1v) is 10.4. The number of sulfonamides is 1. The summed E-state index contributed by atoms with van der Waals surface area (Å²) in [5.41, 5.74) is 0.824. The van der Waals surface area contributed by atoms with Crippen LogP contribution in [0.1, 0.15) is 37.8 Å². The highest BCUT2D eigenvalue weighted by atomic mass is 32.2. The van der Waals surface area contributed by atoms with Crippen molar-refractivity contribution in [3.05, 3.63) is 11.8 Å². The quantitative estimate of drug-likeness (QED) is 0.796. The van der Waals surface area contributed by atoms with E-state index in [-0.39, 0.29) is 17.8 Å². The summed E-state index contributed by atoms with van der Waals surface area (Å²) in [6, 6.07) is 1.13. The highest BCUT2D eigenvalue weighted by molar-refractivity contribution is 7.89. The fourth-order valence-corrected chi connectivity index (χ4v) is 4.84. The molecule has 1 amide bonds. The van der Waals surface area contributed by atoms with Crippen LogP contribution in [0.15, 0.2) is 6.07 Å². The fraction of sp³-hybridized carbons (Fsp3) is 0.750. The molecule has 0 spiro atoms. The smallest absolute Gasteiger partial charge is 0.246 e. The lowest BCUT2D eigenvalue weighted by molar-refractivity contribution is -0.121. The molecule has 1 aromatic rings. The Balaban J connectivity index is 1.63. The molecule has 1 N–H and O–H groups in total. The van der Waals surface area contributed by atoms with Crippen LogP contribution in [0.4, 0.5) is 5.82 Å². The van der Waals surface area contributed by atoms with Crippen molar-refractivity contribution in [3.8, 4) is 0 Å². The number of ether oxygens (including phenoxy) is 1. The van der Waals surface area contributed by atoms with Gasteiger partial charge >= 0.3 is 0 Å². The van der Waals surface area contributed by atoms with Gasteiger partial charge in [-0.25, -0.2) is 13.1 Å². The molecule has 2 fully saturated rings. The third kappa shape index (κ3) is 4.39. The van der Waals surface area contributed by atoms with Crippen molar-refractivity contribution >= 4 is 21.7 Å². The minimum absolute atomic E-state index is 0.00767. The summed E-state index contributed by atoms with van der Waals surface area (Å²) in [6.07, 6.45) is 3.65. The number of amides is 1. The predicted octanol–water partition coefficient (Wildman–Crippen LogP) is 0.712. The van der Waals surface area contributed by atoms with E-state index in [4.69, 9.17) is 4.74 Å². The topological polar surface area (TPSA) is 93.5 Å². The summed E-state index contributed by atoms with van der Waals surface area (Å²) >= 11 is 0. The molecule has 0 radical (unpaired) electrons. The maximum atomic E-state index is 12.8.